The van der Waals surface area contributed by atoms with E-state index in [1.165, 1.54) is 0 Å². The van der Waals surface area contributed by atoms with Crippen LogP contribution in [0.3, 0.4) is 0 Å². The second kappa shape index (κ2) is 6.48. The highest BCUT2D eigenvalue weighted by Crippen LogP contribution is 2.14. The molecule has 1 rings (SSSR count). The number of carboxylic acids is 1. The molecule has 0 amide bonds. The summed E-state index contributed by atoms with van der Waals surface area (Å²) >= 11 is 0. The topological polar surface area (TPSA) is 37.3 Å². The molecular weight excluding hydrogens is 212 g/mol. The van der Waals surface area contributed by atoms with Gasteiger partial charge in [0.05, 0.1) is 0 Å². The molecule has 1 aromatic rings. The first-order chi connectivity index (χ1) is 8.09. The molecule has 2 nitrogen and oxygen atoms in total. The average molecular weight is 228 g/mol. The van der Waals surface area contributed by atoms with E-state index in [9.17, 15) is 4.79 Å². The van der Waals surface area contributed by atoms with Crippen molar-refractivity contribution in [3.63, 3.8) is 0 Å². The molecule has 0 saturated carbocycles. The molecule has 0 bridgehead atoms. The van der Waals surface area contributed by atoms with Gasteiger partial charge in [-0.15, -0.1) is 0 Å². The zero-order valence-electron chi connectivity index (χ0n) is 9.84. The van der Waals surface area contributed by atoms with Crippen molar-refractivity contribution in [2.45, 2.75) is 6.92 Å². The fraction of sp³-hybridized carbons (Fsp3) is 0.133. The molecule has 17 heavy (non-hydrogen) atoms. The molecule has 2 heteroatoms. The van der Waals surface area contributed by atoms with Gasteiger partial charge in [-0.2, -0.15) is 0 Å². The van der Waals surface area contributed by atoms with Crippen LogP contribution in [-0.2, 0) is 4.79 Å². The summed E-state index contributed by atoms with van der Waals surface area (Å²) in [6.45, 7) is 5.73. The number of hydrogen-bond donors (Lipinski definition) is 1. The first-order valence-corrected chi connectivity index (χ1v) is 5.39. The van der Waals surface area contributed by atoms with Crippen molar-refractivity contribution >= 4 is 12.0 Å². The van der Waals surface area contributed by atoms with Gasteiger partial charge in [0.2, 0.25) is 0 Å². The van der Waals surface area contributed by atoms with E-state index in [-0.39, 0.29) is 5.92 Å². The van der Waals surface area contributed by atoms with E-state index in [4.69, 9.17) is 5.11 Å². The predicted molar refractivity (Wildman–Crippen MR) is 70.6 cm³/mol. The van der Waals surface area contributed by atoms with Gasteiger partial charge in [0.25, 0.3) is 0 Å². The molecule has 0 fully saturated rings. The summed E-state index contributed by atoms with van der Waals surface area (Å²) in [5.74, 6) is -0.990. The highest BCUT2D eigenvalue weighted by Gasteiger charge is 2.01. The van der Waals surface area contributed by atoms with E-state index in [0.717, 1.165) is 17.2 Å². The molecule has 0 aromatic heterocycles. The molecule has 1 N–H and O–H groups in total. The second-order valence-corrected chi connectivity index (χ2v) is 3.84. The van der Waals surface area contributed by atoms with Crippen LogP contribution in [0.1, 0.15) is 12.5 Å². The molecular formula is C15H16O2. The van der Waals surface area contributed by atoms with Crippen molar-refractivity contribution in [1.82, 2.24) is 0 Å². The smallest absolute Gasteiger partial charge is 0.328 e. The number of rotatable bonds is 5. The Hall–Kier alpha value is -2.09. The number of allylic oxidation sites excluding steroid dienone is 3. The molecule has 0 saturated heterocycles. The van der Waals surface area contributed by atoms with Gasteiger partial charge in [0, 0.05) is 12.0 Å². The van der Waals surface area contributed by atoms with Crippen LogP contribution in [0, 0.1) is 5.92 Å². The van der Waals surface area contributed by atoms with Crippen molar-refractivity contribution < 1.29 is 9.90 Å². The zero-order valence-corrected chi connectivity index (χ0v) is 9.84. The van der Waals surface area contributed by atoms with E-state index in [1.54, 1.807) is 6.08 Å². The number of benzene rings is 1. The molecule has 1 atom stereocenters. The highest BCUT2D eigenvalue weighted by atomic mass is 16.4. The van der Waals surface area contributed by atoms with Gasteiger partial charge < -0.3 is 5.11 Å². The van der Waals surface area contributed by atoms with Gasteiger partial charge in [-0.05, 0) is 12.5 Å². The lowest BCUT2D eigenvalue weighted by Crippen LogP contribution is -1.95. The molecule has 0 aliphatic heterocycles. The largest absolute Gasteiger partial charge is 0.478 e. The van der Waals surface area contributed by atoms with Crippen LogP contribution in [0.4, 0.5) is 0 Å². The van der Waals surface area contributed by atoms with Crippen LogP contribution in [0.15, 0.2) is 60.7 Å². The Morgan fingerprint density at radius 3 is 2.47 bits per heavy atom. The molecule has 1 unspecified atom stereocenters. The van der Waals surface area contributed by atoms with Gasteiger partial charge in [-0.3, -0.25) is 0 Å². The standard InChI is InChI=1S/C15H16O2/c1-12(2)14(10-11-15(16)17)9-8-13-6-4-3-5-7-13/h3-11,14H,1H2,2H3,(H,16,17). The Kier molecular flexibility index (Phi) is 4.95. The zero-order chi connectivity index (χ0) is 12.7. The van der Waals surface area contributed by atoms with Crippen LogP contribution in [0.5, 0.6) is 0 Å². The van der Waals surface area contributed by atoms with Gasteiger partial charge in [0.15, 0.2) is 0 Å². The summed E-state index contributed by atoms with van der Waals surface area (Å²) in [5.41, 5.74) is 2.00. The number of carboxylic acid groups (broad SMARTS) is 1. The lowest BCUT2D eigenvalue weighted by molar-refractivity contribution is -0.131. The maximum absolute atomic E-state index is 10.5. The maximum Gasteiger partial charge on any atom is 0.328 e. The molecule has 0 radical (unpaired) electrons. The summed E-state index contributed by atoms with van der Waals surface area (Å²) in [6.07, 6.45) is 6.68. The van der Waals surface area contributed by atoms with E-state index >= 15 is 0 Å². The molecule has 0 aliphatic carbocycles. The fourth-order valence-electron chi connectivity index (χ4n) is 1.36. The normalized spacial score (nSPS) is 13.0. The van der Waals surface area contributed by atoms with E-state index in [0.29, 0.717) is 0 Å². The van der Waals surface area contributed by atoms with Crippen molar-refractivity contribution in [1.29, 1.82) is 0 Å². The van der Waals surface area contributed by atoms with E-state index in [1.807, 2.05) is 49.4 Å². The maximum atomic E-state index is 10.5. The fourth-order valence-corrected chi connectivity index (χ4v) is 1.36. The summed E-state index contributed by atoms with van der Waals surface area (Å²) in [7, 11) is 0. The Bertz CT molecular complexity index is 441. The Labute approximate surface area is 102 Å². The molecule has 1 aromatic carbocycles. The quantitative estimate of drug-likeness (QED) is 0.618. The lowest BCUT2D eigenvalue weighted by atomic mass is 10.00. The predicted octanol–water partition coefficient (Wildman–Crippen LogP) is 3.53. The van der Waals surface area contributed by atoms with Crippen LogP contribution in [0.2, 0.25) is 0 Å². The SMILES string of the molecule is C=C(C)C(C=CC(=O)O)C=Cc1ccccc1. The van der Waals surface area contributed by atoms with E-state index < -0.39 is 5.97 Å². The first-order valence-electron chi connectivity index (χ1n) is 5.39. The minimum Gasteiger partial charge on any atom is -0.478 e. The van der Waals surface area contributed by atoms with Gasteiger partial charge in [0.1, 0.15) is 0 Å². The summed E-state index contributed by atoms with van der Waals surface area (Å²) in [4.78, 5) is 10.5. The Morgan fingerprint density at radius 2 is 1.94 bits per heavy atom. The first kappa shape index (κ1) is 13.0. The van der Waals surface area contributed by atoms with Crippen LogP contribution in [-0.4, -0.2) is 11.1 Å². The Balaban J connectivity index is 2.77. The average Bonchev–Trinajstić information content (AvgIpc) is 2.29. The summed E-state index contributed by atoms with van der Waals surface area (Å²) in [5, 5.41) is 8.59. The molecule has 88 valence electrons. The number of aliphatic carboxylic acids is 1. The third-order valence-corrected chi connectivity index (χ3v) is 2.31. The van der Waals surface area contributed by atoms with E-state index in [2.05, 4.69) is 6.58 Å². The Morgan fingerprint density at radius 1 is 1.29 bits per heavy atom. The minimum absolute atomic E-state index is 0.0497. The van der Waals surface area contributed by atoms with Crippen LogP contribution in [0.25, 0.3) is 6.08 Å². The molecule has 0 spiro atoms. The summed E-state index contributed by atoms with van der Waals surface area (Å²) in [6, 6.07) is 9.86. The minimum atomic E-state index is -0.940. The lowest BCUT2D eigenvalue weighted by Gasteiger charge is -2.06. The number of hydrogen-bond acceptors (Lipinski definition) is 1. The van der Waals surface area contributed by atoms with Gasteiger partial charge in [-0.25, -0.2) is 4.79 Å². The third-order valence-electron chi connectivity index (χ3n) is 2.31. The monoisotopic (exact) mass is 228 g/mol. The molecule has 0 heterocycles. The van der Waals surface area contributed by atoms with Gasteiger partial charge >= 0.3 is 5.97 Å². The van der Waals surface area contributed by atoms with Crippen LogP contribution >= 0.6 is 0 Å². The van der Waals surface area contributed by atoms with Crippen LogP contribution < -0.4 is 0 Å². The molecule has 0 aliphatic rings. The van der Waals surface area contributed by atoms with Crippen molar-refractivity contribution in [3.8, 4) is 0 Å². The van der Waals surface area contributed by atoms with Crippen molar-refractivity contribution in [3.05, 3.63) is 66.3 Å². The van der Waals surface area contributed by atoms with Crippen molar-refractivity contribution in [2.24, 2.45) is 5.92 Å². The number of carbonyl (C=O) groups is 1. The second-order valence-electron chi connectivity index (χ2n) is 3.84. The summed E-state index contributed by atoms with van der Waals surface area (Å²) < 4.78 is 0. The van der Waals surface area contributed by atoms with Crippen molar-refractivity contribution in [2.75, 3.05) is 0 Å². The highest BCUT2D eigenvalue weighted by molar-refractivity contribution is 5.79. The van der Waals surface area contributed by atoms with Gasteiger partial charge in [-0.1, -0.05) is 60.7 Å². The third kappa shape index (κ3) is 4.98.